The van der Waals surface area contributed by atoms with Crippen molar-refractivity contribution >= 4 is 34.1 Å². The quantitative estimate of drug-likeness (QED) is 0.850. The van der Waals surface area contributed by atoms with Crippen LogP contribution < -0.4 is 10.5 Å². The minimum absolute atomic E-state index is 0.138. The van der Waals surface area contributed by atoms with E-state index in [1.54, 1.807) is 12.4 Å². The van der Waals surface area contributed by atoms with Gasteiger partial charge < -0.3 is 9.88 Å². The van der Waals surface area contributed by atoms with Crippen LogP contribution in [0.2, 0.25) is 0 Å². The number of nitrogens with zero attached hydrogens (tertiary/aromatic N) is 3. The minimum atomic E-state index is -0.138. The topological polar surface area (TPSA) is 61.9 Å². The zero-order valence-corrected chi connectivity index (χ0v) is 10.7. The lowest BCUT2D eigenvalue weighted by atomic mass is 10.4. The Hall–Kier alpha value is -1.44. The molecule has 0 radical (unpaired) electrons. The molecule has 2 rings (SSSR count). The summed E-state index contributed by atoms with van der Waals surface area (Å²) in [5.74, 6) is 0.623. The molecule has 0 amide bonds. The van der Waals surface area contributed by atoms with Crippen LogP contribution in [0.25, 0.3) is 0 Å². The molecule has 6 heteroatoms. The fourth-order valence-electron chi connectivity index (χ4n) is 1.28. The van der Waals surface area contributed by atoms with Crippen molar-refractivity contribution in [2.45, 2.75) is 0 Å². The van der Waals surface area contributed by atoms with E-state index in [1.807, 2.05) is 46.7 Å². The molecule has 0 saturated carbocycles. The van der Waals surface area contributed by atoms with Gasteiger partial charge in [-0.2, -0.15) is 0 Å². The van der Waals surface area contributed by atoms with Crippen LogP contribution in [-0.2, 0) is 0 Å². The van der Waals surface area contributed by atoms with Crippen LogP contribution in [0.5, 0.6) is 0 Å². The molecule has 5 nitrogen and oxygen atoms in total. The van der Waals surface area contributed by atoms with Crippen LogP contribution in [-0.4, -0.2) is 22.0 Å². The molecule has 0 bridgehead atoms. The van der Waals surface area contributed by atoms with Gasteiger partial charge in [0.15, 0.2) is 5.82 Å². The van der Waals surface area contributed by atoms with Crippen molar-refractivity contribution in [2.24, 2.45) is 0 Å². The van der Waals surface area contributed by atoms with Gasteiger partial charge in [-0.3, -0.25) is 9.78 Å². The van der Waals surface area contributed by atoms with E-state index in [4.69, 9.17) is 0 Å². The van der Waals surface area contributed by atoms with Crippen LogP contribution in [0.4, 0.5) is 11.5 Å². The molecule has 0 aliphatic carbocycles. The maximum absolute atomic E-state index is 11.4. The first-order valence-corrected chi connectivity index (χ1v) is 5.65. The van der Waals surface area contributed by atoms with Crippen molar-refractivity contribution < 1.29 is 0 Å². The molecule has 2 aromatic heterocycles. The molecule has 0 saturated heterocycles. The summed E-state index contributed by atoms with van der Waals surface area (Å²) in [6, 6.07) is 3.75. The lowest BCUT2D eigenvalue weighted by Crippen LogP contribution is -2.19. The molecular formula is C10H9IN4O. The predicted octanol–water partition coefficient (Wildman–Crippen LogP) is 1.54. The number of hydrogen-bond acceptors (Lipinski definition) is 4. The lowest BCUT2D eigenvalue weighted by Gasteiger charge is -2.18. The Bertz CT molecular complexity index is 540. The second-order valence-corrected chi connectivity index (χ2v) is 4.22. The van der Waals surface area contributed by atoms with Crippen molar-refractivity contribution in [3.63, 3.8) is 0 Å². The summed E-state index contributed by atoms with van der Waals surface area (Å²) in [5, 5.41) is 0. The van der Waals surface area contributed by atoms with Crippen molar-refractivity contribution in [3.8, 4) is 0 Å². The number of nitrogens with one attached hydrogen (secondary N) is 1. The molecule has 2 aromatic rings. The van der Waals surface area contributed by atoms with Crippen molar-refractivity contribution in [1.29, 1.82) is 0 Å². The second kappa shape index (κ2) is 4.60. The molecule has 2 heterocycles. The molecule has 0 aliphatic rings. The molecular weight excluding hydrogens is 319 g/mol. The smallest absolute Gasteiger partial charge is 0.266 e. The zero-order valence-electron chi connectivity index (χ0n) is 8.51. The Balaban J connectivity index is 2.46. The van der Waals surface area contributed by atoms with Gasteiger partial charge in [0.1, 0.15) is 3.57 Å². The van der Waals surface area contributed by atoms with E-state index in [1.165, 1.54) is 6.33 Å². The third-order valence-corrected chi connectivity index (χ3v) is 3.10. The molecule has 16 heavy (non-hydrogen) atoms. The first-order chi connectivity index (χ1) is 7.70. The predicted molar refractivity (Wildman–Crippen MR) is 69.9 cm³/mol. The third kappa shape index (κ3) is 2.06. The van der Waals surface area contributed by atoms with Crippen LogP contribution in [0.1, 0.15) is 0 Å². The van der Waals surface area contributed by atoms with Gasteiger partial charge in [-0.25, -0.2) is 4.98 Å². The SMILES string of the molecule is CN(c1cccnc1)c1nc[nH]c(=O)c1I. The fourth-order valence-corrected chi connectivity index (χ4v) is 1.94. The van der Waals surface area contributed by atoms with Gasteiger partial charge in [-0.05, 0) is 34.7 Å². The van der Waals surface area contributed by atoms with E-state index >= 15 is 0 Å². The summed E-state index contributed by atoms with van der Waals surface area (Å²) in [5.41, 5.74) is 0.750. The number of H-pyrrole nitrogens is 1. The monoisotopic (exact) mass is 328 g/mol. The van der Waals surface area contributed by atoms with E-state index < -0.39 is 0 Å². The number of pyridine rings is 1. The van der Waals surface area contributed by atoms with E-state index in [0.717, 1.165) is 5.69 Å². The minimum Gasteiger partial charge on any atom is -0.327 e. The van der Waals surface area contributed by atoms with E-state index in [-0.39, 0.29) is 5.56 Å². The first-order valence-electron chi connectivity index (χ1n) is 4.57. The standard InChI is InChI=1S/C10H9IN4O/c1-15(7-3-2-4-12-5-7)9-8(11)10(16)14-6-13-9/h2-6H,1H3,(H,13,14,16). The summed E-state index contributed by atoms with van der Waals surface area (Å²) >= 11 is 1.98. The van der Waals surface area contributed by atoms with Gasteiger partial charge in [-0.15, -0.1) is 0 Å². The van der Waals surface area contributed by atoms with E-state index in [2.05, 4.69) is 15.0 Å². The molecule has 0 aromatic carbocycles. The summed E-state index contributed by atoms with van der Waals surface area (Å²) in [6.45, 7) is 0. The number of anilines is 2. The fraction of sp³-hybridized carbons (Fsp3) is 0.100. The van der Waals surface area contributed by atoms with Crippen LogP contribution >= 0.6 is 22.6 Å². The van der Waals surface area contributed by atoms with Gasteiger partial charge in [0.05, 0.1) is 18.2 Å². The average Bonchev–Trinajstić information content (AvgIpc) is 2.33. The number of aromatic nitrogens is 3. The van der Waals surface area contributed by atoms with Crippen LogP contribution in [0.15, 0.2) is 35.6 Å². The summed E-state index contributed by atoms with van der Waals surface area (Å²) in [4.78, 5) is 24.0. The third-order valence-electron chi connectivity index (χ3n) is 2.13. The van der Waals surface area contributed by atoms with E-state index in [0.29, 0.717) is 9.39 Å². The highest BCUT2D eigenvalue weighted by Crippen LogP contribution is 2.22. The van der Waals surface area contributed by atoms with Gasteiger partial charge in [-0.1, -0.05) is 0 Å². The van der Waals surface area contributed by atoms with Crippen molar-refractivity contribution in [1.82, 2.24) is 15.0 Å². The molecule has 0 unspecified atom stereocenters. The Labute approximate surface area is 106 Å². The molecule has 0 spiro atoms. The summed E-state index contributed by atoms with van der Waals surface area (Å²) in [7, 11) is 1.85. The maximum atomic E-state index is 11.4. The molecule has 0 fully saturated rings. The van der Waals surface area contributed by atoms with Crippen LogP contribution in [0, 0.1) is 3.57 Å². The average molecular weight is 328 g/mol. The highest BCUT2D eigenvalue weighted by molar-refractivity contribution is 14.1. The Morgan fingerprint density at radius 1 is 1.50 bits per heavy atom. The van der Waals surface area contributed by atoms with Crippen LogP contribution in [0.3, 0.4) is 0 Å². The van der Waals surface area contributed by atoms with Gasteiger partial charge in [0.25, 0.3) is 5.56 Å². The lowest BCUT2D eigenvalue weighted by molar-refractivity contribution is 1.03. The molecule has 82 valence electrons. The molecule has 0 aliphatic heterocycles. The zero-order chi connectivity index (χ0) is 11.5. The van der Waals surface area contributed by atoms with E-state index in [9.17, 15) is 4.79 Å². The number of halogens is 1. The van der Waals surface area contributed by atoms with Crippen molar-refractivity contribution in [2.75, 3.05) is 11.9 Å². The molecule has 1 N–H and O–H groups in total. The van der Waals surface area contributed by atoms with Gasteiger partial charge in [0.2, 0.25) is 0 Å². The largest absolute Gasteiger partial charge is 0.327 e. The Morgan fingerprint density at radius 2 is 2.31 bits per heavy atom. The number of aromatic amines is 1. The Morgan fingerprint density at radius 3 is 3.00 bits per heavy atom. The highest BCUT2D eigenvalue weighted by Gasteiger charge is 2.11. The highest BCUT2D eigenvalue weighted by atomic mass is 127. The maximum Gasteiger partial charge on any atom is 0.266 e. The first kappa shape index (κ1) is 11.1. The molecule has 0 atom stereocenters. The normalized spacial score (nSPS) is 10.1. The summed E-state index contributed by atoms with van der Waals surface area (Å²) in [6.07, 6.45) is 4.82. The number of hydrogen-bond donors (Lipinski definition) is 1. The van der Waals surface area contributed by atoms with Gasteiger partial charge >= 0.3 is 0 Å². The Kier molecular flexibility index (Phi) is 3.18. The second-order valence-electron chi connectivity index (χ2n) is 3.14. The van der Waals surface area contributed by atoms with Gasteiger partial charge in [0, 0.05) is 13.2 Å². The number of rotatable bonds is 2. The van der Waals surface area contributed by atoms with Crippen molar-refractivity contribution in [3.05, 3.63) is 44.8 Å². The summed E-state index contributed by atoms with van der Waals surface area (Å²) < 4.78 is 0.562.